The highest BCUT2D eigenvalue weighted by atomic mass is 35.5. The number of hydrogen-bond donors (Lipinski definition) is 3. The van der Waals surface area contributed by atoms with E-state index in [1.54, 1.807) is 12.1 Å². The summed E-state index contributed by atoms with van der Waals surface area (Å²) in [5.41, 5.74) is 2.55. The van der Waals surface area contributed by atoms with Gasteiger partial charge in [-0.25, -0.2) is 0 Å². The zero-order chi connectivity index (χ0) is 25.1. The van der Waals surface area contributed by atoms with Gasteiger partial charge in [-0.05, 0) is 42.3 Å². The van der Waals surface area contributed by atoms with Crippen LogP contribution in [0.3, 0.4) is 0 Å². The van der Waals surface area contributed by atoms with Crippen LogP contribution in [0.4, 0.5) is 5.69 Å². The Morgan fingerprint density at radius 2 is 1.94 bits per heavy atom. The van der Waals surface area contributed by atoms with E-state index < -0.39 is 18.1 Å². The quantitative estimate of drug-likeness (QED) is 0.523. The number of aliphatic hydroxyl groups excluding tert-OH is 1. The molecule has 3 N–H and O–H groups in total. The van der Waals surface area contributed by atoms with Gasteiger partial charge in [-0.3, -0.25) is 9.59 Å². The molecular weight excluding hydrogens is 484 g/mol. The molecule has 9 heteroatoms. The van der Waals surface area contributed by atoms with E-state index in [0.29, 0.717) is 36.9 Å². The molecule has 0 aromatic heterocycles. The van der Waals surface area contributed by atoms with Crippen molar-refractivity contribution in [1.29, 1.82) is 0 Å². The fraction of sp³-hybridized carbons (Fsp3) is 0.481. The largest absolute Gasteiger partial charge is 0.490 e. The maximum Gasteiger partial charge on any atom is 0.230 e. The van der Waals surface area contributed by atoms with Crippen molar-refractivity contribution in [1.82, 2.24) is 5.32 Å². The van der Waals surface area contributed by atoms with Crippen molar-refractivity contribution in [3.8, 4) is 5.75 Å². The van der Waals surface area contributed by atoms with Crippen molar-refractivity contribution in [2.24, 2.45) is 5.92 Å². The van der Waals surface area contributed by atoms with Gasteiger partial charge in [0.25, 0.3) is 0 Å². The van der Waals surface area contributed by atoms with Crippen LogP contribution in [0.5, 0.6) is 5.75 Å². The van der Waals surface area contributed by atoms with Crippen LogP contribution < -0.4 is 15.4 Å². The van der Waals surface area contributed by atoms with E-state index in [-0.39, 0.29) is 36.9 Å². The molecule has 4 atom stereocenters. The van der Waals surface area contributed by atoms with Crippen LogP contribution in [-0.4, -0.2) is 55.1 Å². The minimum atomic E-state index is -0.719. The summed E-state index contributed by atoms with van der Waals surface area (Å²) in [4.78, 5) is 25.9. The first-order valence-corrected chi connectivity index (χ1v) is 12.8. The van der Waals surface area contributed by atoms with Crippen LogP contribution in [-0.2, 0) is 25.6 Å². The monoisotopic (exact) mass is 514 g/mol. The highest BCUT2D eigenvalue weighted by Crippen LogP contribution is 2.46. The number of hydrogen-bond acceptors (Lipinski definition) is 6. The van der Waals surface area contributed by atoms with E-state index in [1.165, 1.54) is 0 Å². The lowest BCUT2D eigenvalue weighted by Crippen LogP contribution is -2.48. The Hall–Kier alpha value is -2.65. The summed E-state index contributed by atoms with van der Waals surface area (Å²) in [6.45, 7) is 1.39. The molecule has 0 spiro atoms. The minimum Gasteiger partial charge on any atom is -0.490 e. The standard InChI is InChI=1S/C27H31ClN2O6/c28-17-3-1-16(2-4-17)14-29-25(32)13-20-12-22-21-11-18(30-27(33)26(22)24(15-31)36-20)5-6-23(21)35-19-7-9-34-10-8-19/h1-6,11,19-20,22,24,26,31H,7-10,12-15H2,(H,29,32)(H,30,33)/t20-,22-,24-,26+/m1/s1. The number of rotatable bonds is 7. The number of aliphatic hydroxyl groups is 1. The van der Waals surface area contributed by atoms with Crippen LogP contribution in [0.15, 0.2) is 42.5 Å². The summed E-state index contributed by atoms with van der Waals surface area (Å²) in [7, 11) is 0. The van der Waals surface area contributed by atoms with Crippen LogP contribution in [0.25, 0.3) is 0 Å². The summed E-state index contributed by atoms with van der Waals surface area (Å²) < 4.78 is 17.9. The lowest BCUT2D eigenvalue weighted by Gasteiger charge is -2.40. The van der Waals surface area contributed by atoms with Gasteiger partial charge in [-0.1, -0.05) is 23.7 Å². The number of nitrogens with one attached hydrogen (secondary N) is 2. The Balaban J connectivity index is 1.32. The number of halogens is 1. The number of fused-ring (bicyclic) bond motifs is 4. The maximum absolute atomic E-state index is 13.1. The number of carbonyl (C=O) groups excluding carboxylic acids is 2. The van der Waals surface area contributed by atoms with E-state index in [0.717, 1.165) is 29.7 Å². The third-order valence-corrected chi connectivity index (χ3v) is 7.41. The van der Waals surface area contributed by atoms with E-state index in [1.807, 2.05) is 30.3 Å². The van der Waals surface area contributed by atoms with E-state index >= 15 is 0 Å². The smallest absolute Gasteiger partial charge is 0.230 e. The second kappa shape index (κ2) is 11.2. The molecule has 36 heavy (non-hydrogen) atoms. The van der Waals surface area contributed by atoms with E-state index in [2.05, 4.69) is 10.6 Å². The Bertz CT molecular complexity index is 1090. The average Bonchev–Trinajstić information content (AvgIpc) is 2.99. The fourth-order valence-electron chi connectivity index (χ4n) is 5.34. The fourth-order valence-corrected chi connectivity index (χ4v) is 5.47. The summed E-state index contributed by atoms with van der Waals surface area (Å²) in [6.07, 6.45) is 1.11. The molecule has 3 heterocycles. The van der Waals surface area contributed by atoms with Gasteiger partial charge < -0.3 is 30.0 Å². The van der Waals surface area contributed by atoms with Gasteiger partial charge in [0.05, 0.1) is 44.4 Å². The van der Waals surface area contributed by atoms with Gasteiger partial charge in [-0.15, -0.1) is 0 Å². The predicted molar refractivity (Wildman–Crippen MR) is 134 cm³/mol. The molecule has 2 bridgehead atoms. The molecule has 0 radical (unpaired) electrons. The van der Waals surface area contributed by atoms with Crippen LogP contribution >= 0.6 is 11.6 Å². The Morgan fingerprint density at radius 3 is 2.69 bits per heavy atom. The molecule has 2 aromatic rings. The molecule has 2 amide bonds. The number of ether oxygens (including phenoxy) is 3. The first-order chi connectivity index (χ1) is 17.5. The Labute approximate surface area is 215 Å². The van der Waals surface area contributed by atoms with Gasteiger partial charge in [-0.2, -0.15) is 0 Å². The molecule has 2 saturated heterocycles. The van der Waals surface area contributed by atoms with Crippen LogP contribution in [0.1, 0.15) is 42.7 Å². The van der Waals surface area contributed by atoms with Crippen molar-refractivity contribution in [3.63, 3.8) is 0 Å². The third-order valence-electron chi connectivity index (χ3n) is 7.16. The summed E-state index contributed by atoms with van der Waals surface area (Å²) >= 11 is 5.93. The van der Waals surface area contributed by atoms with Crippen LogP contribution in [0.2, 0.25) is 5.02 Å². The molecule has 0 aliphatic carbocycles. The van der Waals surface area contributed by atoms with Crippen molar-refractivity contribution in [2.75, 3.05) is 25.1 Å². The van der Waals surface area contributed by atoms with Gasteiger partial charge in [0, 0.05) is 41.6 Å². The molecule has 8 nitrogen and oxygen atoms in total. The molecule has 0 saturated carbocycles. The molecule has 2 aromatic carbocycles. The number of carbonyl (C=O) groups is 2. The maximum atomic E-state index is 13.1. The highest BCUT2D eigenvalue weighted by molar-refractivity contribution is 6.30. The first-order valence-electron chi connectivity index (χ1n) is 12.5. The molecule has 192 valence electrons. The SMILES string of the molecule is O=C(C[C@H]1C[C@@H]2c3cc(ccc3OC3CCOCC3)NC(=O)[C@@H]2[C@@H](CO)O1)NCc1ccc(Cl)cc1. The molecule has 0 unspecified atom stereocenters. The number of benzene rings is 2. The molecule has 3 aliphatic heterocycles. The van der Waals surface area contributed by atoms with Gasteiger partial charge >= 0.3 is 0 Å². The summed E-state index contributed by atoms with van der Waals surface area (Å²) in [5, 5.41) is 16.6. The second-order valence-corrected chi connectivity index (χ2v) is 10.1. The minimum absolute atomic E-state index is 0.0501. The Kier molecular flexibility index (Phi) is 7.76. The van der Waals surface area contributed by atoms with Gasteiger partial charge in [0.1, 0.15) is 11.9 Å². The normalized spacial score (nSPS) is 25.9. The van der Waals surface area contributed by atoms with Crippen molar-refractivity contribution in [2.45, 2.75) is 56.5 Å². The van der Waals surface area contributed by atoms with Gasteiger partial charge in [0.2, 0.25) is 11.8 Å². The first kappa shape index (κ1) is 25.0. The predicted octanol–water partition coefficient (Wildman–Crippen LogP) is 3.41. The van der Waals surface area contributed by atoms with Gasteiger partial charge in [0.15, 0.2) is 0 Å². The zero-order valence-corrected chi connectivity index (χ0v) is 20.7. The van der Waals surface area contributed by atoms with E-state index in [4.69, 9.17) is 25.8 Å². The molecule has 2 fully saturated rings. The molecular formula is C27H31ClN2O6. The number of anilines is 1. The van der Waals surface area contributed by atoms with Crippen molar-refractivity contribution >= 4 is 29.1 Å². The highest BCUT2D eigenvalue weighted by Gasteiger charge is 2.46. The average molecular weight is 515 g/mol. The lowest BCUT2D eigenvalue weighted by atomic mass is 9.76. The van der Waals surface area contributed by atoms with Crippen LogP contribution in [0, 0.1) is 5.92 Å². The molecule has 3 aliphatic rings. The lowest BCUT2D eigenvalue weighted by molar-refractivity contribution is -0.148. The Morgan fingerprint density at radius 1 is 1.17 bits per heavy atom. The topological polar surface area (TPSA) is 106 Å². The summed E-state index contributed by atoms with van der Waals surface area (Å²) in [6, 6.07) is 13.0. The van der Waals surface area contributed by atoms with Crippen molar-refractivity contribution in [3.05, 3.63) is 58.6 Å². The van der Waals surface area contributed by atoms with E-state index in [9.17, 15) is 14.7 Å². The third kappa shape index (κ3) is 5.67. The van der Waals surface area contributed by atoms with Crippen molar-refractivity contribution < 1.29 is 28.9 Å². The molecule has 5 rings (SSSR count). The second-order valence-electron chi connectivity index (χ2n) is 9.63. The summed E-state index contributed by atoms with van der Waals surface area (Å²) in [5.74, 6) is -0.442. The zero-order valence-electron chi connectivity index (χ0n) is 20.0. The number of amides is 2.